The van der Waals surface area contributed by atoms with E-state index < -0.39 is 28.5 Å². The van der Waals surface area contributed by atoms with Crippen molar-refractivity contribution in [2.75, 3.05) is 31.6 Å². The van der Waals surface area contributed by atoms with Gasteiger partial charge in [-0.15, -0.1) is 0 Å². The quantitative estimate of drug-likeness (QED) is 0.155. The number of sulfonamides is 1. The summed E-state index contributed by atoms with van der Waals surface area (Å²) in [6, 6.07) is 25.6. The van der Waals surface area contributed by atoms with Gasteiger partial charge in [-0.05, 0) is 66.1 Å². The van der Waals surface area contributed by atoms with Gasteiger partial charge in [-0.3, -0.25) is 13.9 Å². The zero-order valence-corrected chi connectivity index (χ0v) is 28.7. The van der Waals surface area contributed by atoms with E-state index in [0.29, 0.717) is 34.3 Å². The molecule has 2 amide bonds. The highest BCUT2D eigenvalue weighted by molar-refractivity contribution is 7.92. The summed E-state index contributed by atoms with van der Waals surface area (Å²) in [6.45, 7) is 1.59. The SMILES string of the molecule is CCCNC(=O)C(Cc1ccccc1)N(Cc1ccc(Cl)cc1Cl)C(=O)CN(c1ccccc1OC)S(=O)(=O)c1ccc(OC)cc1. The Hall–Kier alpha value is -4.25. The van der Waals surface area contributed by atoms with E-state index in [0.717, 1.165) is 9.87 Å². The van der Waals surface area contributed by atoms with Gasteiger partial charge in [-0.25, -0.2) is 8.42 Å². The Morgan fingerprint density at radius 1 is 0.872 bits per heavy atom. The summed E-state index contributed by atoms with van der Waals surface area (Å²) >= 11 is 12.7. The van der Waals surface area contributed by atoms with E-state index in [2.05, 4.69) is 5.32 Å². The van der Waals surface area contributed by atoms with Crippen molar-refractivity contribution in [1.29, 1.82) is 0 Å². The van der Waals surface area contributed by atoms with Crippen LogP contribution in [0.3, 0.4) is 0 Å². The molecule has 0 saturated heterocycles. The van der Waals surface area contributed by atoms with E-state index >= 15 is 0 Å². The average Bonchev–Trinajstić information content (AvgIpc) is 3.08. The van der Waals surface area contributed by atoms with Crippen LogP contribution in [-0.4, -0.2) is 58.5 Å². The van der Waals surface area contributed by atoms with Gasteiger partial charge in [0.1, 0.15) is 24.1 Å². The van der Waals surface area contributed by atoms with Crippen molar-refractivity contribution in [2.24, 2.45) is 0 Å². The molecule has 0 bridgehead atoms. The molecule has 0 spiro atoms. The summed E-state index contributed by atoms with van der Waals surface area (Å²) in [5, 5.41) is 3.63. The minimum Gasteiger partial charge on any atom is -0.497 e. The number of methoxy groups -OCH3 is 2. The fourth-order valence-electron chi connectivity index (χ4n) is 4.98. The number of halogens is 2. The van der Waals surface area contributed by atoms with E-state index in [1.165, 1.54) is 43.4 Å². The van der Waals surface area contributed by atoms with Gasteiger partial charge in [-0.2, -0.15) is 0 Å². The largest absolute Gasteiger partial charge is 0.497 e. The molecule has 47 heavy (non-hydrogen) atoms. The van der Waals surface area contributed by atoms with Crippen LogP contribution in [0.4, 0.5) is 5.69 Å². The van der Waals surface area contributed by atoms with Crippen LogP contribution in [0.1, 0.15) is 24.5 Å². The summed E-state index contributed by atoms with van der Waals surface area (Å²) < 4.78 is 40.3. The molecule has 4 aromatic rings. The van der Waals surface area contributed by atoms with Crippen molar-refractivity contribution in [1.82, 2.24) is 10.2 Å². The molecule has 0 aromatic heterocycles. The number of nitrogens with one attached hydrogen (secondary N) is 1. The molecule has 0 heterocycles. The lowest BCUT2D eigenvalue weighted by Gasteiger charge is -2.34. The monoisotopic (exact) mass is 697 g/mol. The molecular weight excluding hydrogens is 661 g/mol. The van der Waals surface area contributed by atoms with Gasteiger partial charge < -0.3 is 19.7 Å². The Balaban J connectivity index is 1.84. The highest BCUT2D eigenvalue weighted by Crippen LogP contribution is 2.33. The van der Waals surface area contributed by atoms with Crippen molar-refractivity contribution in [3.63, 3.8) is 0 Å². The van der Waals surface area contributed by atoms with Crippen molar-refractivity contribution in [3.05, 3.63) is 118 Å². The minimum absolute atomic E-state index is 0.0640. The van der Waals surface area contributed by atoms with Crippen LogP contribution in [0.5, 0.6) is 11.5 Å². The van der Waals surface area contributed by atoms with Crippen LogP contribution in [-0.2, 0) is 32.6 Å². The minimum atomic E-state index is -4.34. The Morgan fingerprint density at radius 2 is 1.55 bits per heavy atom. The molecule has 9 nitrogen and oxygen atoms in total. The lowest BCUT2D eigenvalue weighted by molar-refractivity contribution is -0.140. The third-order valence-corrected chi connectivity index (χ3v) is 9.82. The Bertz CT molecular complexity index is 1770. The smallest absolute Gasteiger partial charge is 0.264 e. The number of carbonyl (C=O) groups is 2. The second-order valence-corrected chi connectivity index (χ2v) is 13.3. The van der Waals surface area contributed by atoms with Crippen molar-refractivity contribution >= 4 is 50.7 Å². The number of carbonyl (C=O) groups excluding carboxylic acids is 2. The fourth-order valence-corrected chi connectivity index (χ4v) is 6.87. The first-order valence-corrected chi connectivity index (χ1v) is 17.1. The number of amides is 2. The van der Waals surface area contributed by atoms with Crippen LogP contribution in [0.25, 0.3) is 0 Å². The molecule has 0 saturated carbocycles. The predicted molar refractivity (Wildman–Crippen MR) is 185 cm³/mol. The van der Waals surface area contributed by atoms with Crippen molar-refractivity contribution in [2.45, 2.75) is 37.2 Å². The third kappa shape index (κ3) is 8.97. The number of para-hydroxylation sites is 2. The first kappa shape index (κ1) is 35.6. The first-order valence-electron chi connectivity index (χ1n) is 14.9. The zero-order valence-electron chi connectivity index (χ0n) is 26.4. The molecule has 0 aliphatic rings. The van der Waals surface area contributed by atoms with Gasteiger partial charge in [-0.1, -0.05) is 78.7 Å². The third-order valence-electron chi connectivity index (χ3n) is 7.46. The normalized spacial score (nSPS) is 11.8. The van der Waals surface area contributed by atoms with Crippen LogP contribution >= 0.6 is 23.2 Å². The van der Waals surface area contributed by atoms with Crippen LogP contribution < -0.4 is 19.1 Å². The highest BCUT2D eigenvalue weighted by atomic mass is 35.5. The van der Waals surface area contributed by atoms with Gasteiger partial charge in [0.2, 0.25) is 11.8 Å². The summed E-state index contributed by atoms with van der Waals surface area (Å²) in [5.74, 6) is -0.300. The van der Waals surface area contributed by atoms with E-state index in [4.69, 9.17) is 32.7 Å². The number of rotatable bonds is 15. The number of nitrogens with zero attached hydrogens (tertiary/aromatic N) is 2. The number of hydrogen-bond acceptors (Lipinski definition) is 6. The van der Waals surface area contributed by atoms with Crippen LogP contribution in [0, 0.1) is 0 Å². The van der Waals surface area contributed by atoms with Gasteiger partial charge in [0.25, 0.3) is 10.0 Å². The lowest BCUT2D eigenvalue weighted by atomic mass is 10.0. The van der Waals surface area contributed by atoms with Crippen LogP contribution in [0.2, 0.25) is 10.0 Å². The van der Waals surface area contributed by atoms with Crippen LogP contribution in [0.15, 0.2) is 102 Å². The maximum atomic E-state index is 14.6. The average molecular weight is 699 g/mol. The second kappa shape index (κ2) is 16.5. The molecule has 4 rings (SSSR count). The number of ether oxygens (including phenoxy) is 2. The van der Waals surface area contributed by atoms with E-state index in [9.17, 15) is 18.0 Å². The summed E-state index contributed by atoms with van der Waals surface area (Å²) in [6.07, 6.45) is 0.857. The number of hydrogen-bond donors (Lipinski definition) is 1. The Morgan fingerprint density at radius 3 is 2.19 bits per heavy atom. The van der Waals surface area contributed by atoms with E-state index in [1.807, 2.05) is 37.3 Å². The van der Waals surface area contributed by atoms with Gasteiger partial charge in [0.15, 0.2) is 0 Å². The maximum Gasteiger partial charge on any atom is 0.264 e. The highest BCUT2D eigenvalue weighted by Gasteiger charge is 2.35. The molecule has 0 fully saturated rings. The molecule has 0 radical (unpaired) electrons. The standard InChI is InChI=1S/C35H37Cl2N3O6S/c1-4-20-38-35(42)32(21-25-10-6-5-7-11-25)39(23-26-14-15-27(36)22-30(26)37)34(41)24-40(31-12-8-9-13-33(31)46-3)47(43,44)29-18-16-28(45-2)17-19-29/h5-19,22,32H,4,20-21,23-24H2,1-3H3,(H,38,42). The molecule has 248 valence electrons. The Labute approximate surface area is 286 Å². The molecule has 4 aromatic carbocycles. The summed E-state index contributed by atoms with van der Waals surface area (Å²) in [7, 11) is -1.44. The summed E-state index contributed by atoms with van der Waals surface area (Å²) in [5.41, 5.74) is 1.50. The molecule has 1 N–H and O–H groups in total. The number of anilines is 1. The molecular formula is C35H37Cl2N3O6S. The van der Waals surface area contributed by atoms with E-state index in [1.54, 1.807) is 42.5 Å². The van der Waals surface area contributed by atoms with E-state index in [-0.39, 0.29) is 35.2 Å². The Kier molecular flexibility index (Phi) is 12.5. The zero-order chi connectivity index (χ0) is 34.0. The molecule has 0 aliphatic carbocycles. The summed E-state index contributed by atoms with van der Waals surface area (Å²) in [4.78, 5) is 29.7. The molecule has 0 aliphatic heterocycles. The number of benzene rings is 4. The van der Waals surface area contributed by atoms with Crippen molar-refractivity contribution in [3.8, 4) is 11.5 Å². The first-order chi connectivity index (χ1) is 22.6. The topological polar surface area (TPSA) is 105 Å². The second-order valence-electron chi connectivity index (χ2n) is 10.6. The predicted octanol–water partition coefficient (Wildman–Crippen LogP) is 6.37. The fraction of sp³-hybridized carbons (Fsp3) is 0.257. The lowest BCUT2D eigenvalue weighted by Crippen LogP contribution is -2.53. The maximum absolute atomic E-state index is 14.6. The van der Waals surface area contributed by atoms with Gasteiger partial charge >= 0.3 is 0 Å². The van der Waals surface area contributed by atoms with Gasteiger partial charge in [0.05, 0.1) is 24.8 Å². The molecule has 1 atom stereocenters. The molecule has 1 unspecified atom stereocenters. The molecule has 12 heteroatoms. The van der Waals surface area contributed by atoms with Gasteiger partial charge in [0, 0.05) is 29.6 Å². The van der Waals surface area contributed by atoms with Crippen molar-refractivity contribution < 1.29 is 27.5 Å².